The van der Waals surface area contributed by atoms with Crippen molar-refractivity contribution in [3.63, 3.8) is 0 Å². The quantitative estimate of drug-likeness (QED) is 0.410. The van der Waals surface area contributed by atoms with E-state index in [1.54, 1.807) is 31.4 Å². The number of ether oxygens (including phenoxy) is 1. The van der Waals surface area contributed by atoms with Gasteiger partial charge in [-0.05, 0) is 53.9 Å². The van der Waals surface area contributed by atoms with Crippen LogP contribution in [0.15, 0.2) is 90.3 Å². The lowest BCUT2D eigenvalue weighted by molar-refractivity contribution is -0.118. The predicted molar refractivity (Wildman–Crippen MR) is 135 cm³/mol. The Morgan fingerprint density at radius 3 is 2.21 bits per heavy atom. The summed E-state index contributed by atoms with van der Waals surface area (Å²) in [4.78, 5) is 11.5. The molecule has 0 atom stereocenters. The Morgan fingerprint density at radius 1 is 0.971 bits per heavy atom. The molecule has 0 bridgehead atoms. The van der Waals surface area contributed by atoms with Gasteiger partial charge in [0.2, 0.25) is 15.9 Å². The summed E-state index contributed by atoms with van der Waals surface area (Å²) in [6.07, 6.45) is 0.427. The van der Waals surface area contributed by atoms with E-state index in [0.29, 0.717) is 12.1 Å². The lowest BCUT2D eigenvalue weighted by atomic mass is 10.1. The van der Waals surface area contributed by atoms with E-state index < -0.39 is 15.9 Å². The van der Waals surface area contributed by atoms with E-state index >= 15 is 0 Å². The van der Waals surface area contributed by atoms with Crippen molar-refractivity contribution in [3.8, 4) is 5.75 Å². The molecule has 0 heterocycles. The molecule has 3 rings (SSSR count). The lowest BCUT2D eigenvalue weighted by Gasteiger charge is -2.22. The highest BCUT2D eigenvalue weighted by molar-refractivity contribution is 7.89. The van der Waals surface area contributed by atoms with Crippen LogP contribution >= 0.6 is 0 Å². The summed E-state index contributed by atoms with van der Waals surface area (Å²) in [6.45, 7) is 4.26. The molecule has 0 aromatic heterocycles. The number of carbonyl (C=O) groups is 1. The minimum Gasteiger partial charge on any atom is -0.497 e. The standard InChI is InChI=1S/C26H29N3O4S/c1-20(22-6-4-3-5-7-22)28-23-10-14-25(15-11-23)34(31,32)29(19-17-26(27)30)18-16-21-8-12-24(33-2)13-9-21/h3-15,28H,1,16-19H2,2H3,(H2,27,30). The third-order valence-corrected chi connectivity index (χ3v) is 7.24. The van der Waals surface area contributed by atoms with Crippen molar-refractivity contribution >= 4 is 27.3 Å². The Labute approximate surface area is 200 Å². The summed E-state index contributed by atoms with van der Waals surface area (Å²) in [7, 11) is -2.24. The molecule has 0 unspecified atom stereocenters. The van der Waals surface area contributed by atoms with E-state index in [0.717, 1.165) is 22.6 Å². The van der Waals surface area contributed by atoms with Gasteiger partial charge in [0.1, 0.15) is 5.75 Å². The number of nitrogens with two attached hydrogens (primary N) is 1. The maximum Gasteiger partial charge on any atom is 0.243 e. The Bertz CT molecular complexity index is 1210. The molecular weight excluding hydrogens is 450 g/mol. The summed E-state index contributed by atoms with van der Waals surface area (Å²) in [6, 6.07) is 23.5. The molecule has 3 aromatic rings. The first-order chi connectivity index (χ1) is 16.3. The molecule has 0 aliphatic carbocycles. The number of hydrogen-bond acceptors (Lipinski definition) is 5. The number of hydrogen-bond donors (Lipinski definition) is 2. The zero-order valence-corrected chi connectivity index (χ0v) is 19.9. The summed E-state index contributed by atoms with van der Waals surface area (Å²) < 4.78 is 33.1. The second-order valence-corrected chi connectivity index (χ2v) is 9.65. The fourth-order valence-electron chi connectivity index (χ4n) is 3.38. The largest absolute Gasteiger partial charge is 0.497 e. The zero-order chi connectivity index (χ0) is 24.6. The monoisotopic (exact) mass is 479 g/mol. The van der Waals surface area contributed by atoms with E-state index in [2.05, 4.69) is 11.9 Å². The summed E-state index contributed by atoms with van der Waals surface area (Å²) in [5, 5.41) is 3.19. The van der Waals surface area contributed by atoms with Crippen molar-refractivity contribution in [2.45, 2.75) is 17.7 Å². The van der Waals surface area contributed by atoms with Crippen molar-refractivity contribution in [2.24, 2.45) is 5.73 Å². The molecule has 3 N–H and O–H groups in total. The highest BCUT2D eigenvalue weighted by Gasteiger charge is 2.24. The number of methoxy groups -OCH3 is 1. The van der Waals surface area contributed by atoms with Gasteiger partial charge in [-0.15, -0.1) is 0 Å². The Hall–Kier alpha value is -3.62. The van der Waals surface area contributed by atoms with Crippen LogP contribution in [0.4, 0.5) is 5.69 Å². The molecule has 34 heavy (non-hydrogen) atoms. The molecule has 0 fully saturated rings. The molecule has 178 valence electrons. The topological polar surface area (TPSA) is 102 Å². The molecule has 8 heteroatoms. The number of rotatable bonds is 12. The molecule has 1 amide bonds. The van der Waals surface area contributed by atoms with Crippen LogP contribution in [0.1, 0.15) is 17.5 Å². The predicted octanol–water partition coefficient (Wildman–Crippen LogP) is 3.89. The molecular formula is C26H29N3O4S. The molecule has 0 spiro atoms. The zero-order valence-electron chi connectivity index (χ0n) is 19.1. The number of anilines is 1. The number of carbonyl (C=O) groups excluding carboxylic acids is 1. The summed E-state index contributed by atoms with van der Waals surface area (Å²) in [5.74, 6) is 0.175. The van der Waals surface area contributed by atoms with Crippen LogP contribution in [0, 0.1) is 0 Å². The van der Waals surface area contributed by atoms with E-state index in [9.17, 15) is 13.2 Å². The van der Waals surface area contributed by atoms with E-state index in [1.165, 1.54) is 4.31 Å². The highest BCUT2D eigenvalue weighted by atomic mass is 32.2. The molecule has 0 aliphatic heterocycles. The minimum absolute atomic E-state index is 0.0125. The normalized spacial score (nSPS) is 11.2. The average Bonchev–Trinajstić information content (AvgIpc) is 2.85. The van der Waals surface area contributed by atoms with Crippen LogP contribution in [-0.4, -0.2) is 38.8 Å². The molecule has 0 saturated carbocycles. The van der Waals surface area contributed by atoms with Crippen molar-refractivity contribution in [1.29, 1.82) is 0 Å². The molecule has 7 nitrogen and oxygen atoms in total. The van der Waals surface area contributed by atoms with Gasteiger partial charge in [-0.25, -0.2) is 8.42 Å². The van der Waals surface area contributed by atoms with Gasteiger partial charge in [0.25, 0.3) is 0 Å². The van der Waals surface area contributed by atoms with Gasteiger partial charge < -0.3 is 15.8 Å². The maximum atomic E-state index is 13.3. The first-order valence-electron chi connectivity index (χ1n) is 10.8. The molecule has 0 radical (unpaired) electrons. The van der Waals surface area contributed by atoms with E-state index in [-0.39, 0.29) is 24.4 Å². The SMILES string of the molecule is C=C(Nc1ccc(S(=O)(=O)N(CCC(N)=O)CCc2ccc(OC)cc2)cc1)c1ccccc1. The van der Waals surface area contributed by atoms with Crippen molar-refractivity contribution < 1.29 is 17.9 Å². The summed E-state index contributed by atoms with van der Waals surface area (Å²) in [5.41, 5.74) is 8.61. The van der Waals surface area contributed by atoms with E-state index in [4.69, 9.17) is 10.5 Å². The van der Waals surface area contributed by atoms with Gasteiger partial charge in [-0.3, -0.25) is 4.79 Å². The number of sulfonamides is 1. The van der Waals surface area contributed by atoms with Crippen LogP contribution in [0.3, 0.4) is 0 Å². The Balaban J connectivity index is 1.73. The van der Waals surface area contributed by atoms with Crippen molar-refractivity contribution in [1.82, 2.24) is 4.31 Å². The smallest absolute Gasteiger partial charge is 0.243 e. The second kappa shape index (κ2) is 11.5. The maximum absolute atomic E-state index is 13.3. The van der Waals surface area contributed by atoms with Crippen molar-refractivity contribution in [3.05, 3.63) is 96.6 Å². The fourth-order valence-corrected chi connectivity index (χ4v) is 4.82. The van der Waals surface area contributed by atoms with Gasteiger partial charge in [0.15, 0.2) is 0 Å². The number of primary amides is 1. The lowest BCUT2D eigenvalue weighted by Crippen LogP contribution is -2.35. The van der Waals surface area contributed by atoms with Gasteiger partial charge in [-0.1, -0.05) is 49.0 Å². The molecule has 3 aromatic carbocycles. The molecule has 0 saturated heterocycles. The first kappa shape index (κ1) is 25.0. The average molecular weight is 480 g/mol. The fraction of sp³-hybridized carbons (Fsp3) is 0.192. The Morgan fingerprint density at radius 2 is 1.62 bits per heavy atom. The number of amides is 1. The second-order valence-electron chi connectivity index (χ2n) is 7.71. The molecule has 0 aliphatic rings. The van der Waals surface area contributed by atoms with E-state index in [1.807, 2.05) is 54.6 Å². The summed E-state index contributed by atoms with van der Waals surface area (Å²) >= 11 is 0. The Kier molecular flexibility index (Phi) is 8.45. The van der Waals surface area contributed by atoms with Crippen LogP contribution in [0.25, 0.3) is 5.70 Å². The third-order valence-electron chi connectivity index (χ3n) is 5.33. The number of nitrogens with one attached hydrogen (secondary N) is 1. The van der Waals surface area contributed by atoms with Crippen molar-refractivity contribution in [2.75, 3.05) is 25.5 Å². The van der Waals surface area contributed by atoms with Crippen LogP contribution in [0.2, 0.25) is 0 Å². The third kappa shape index (κ3) is 6.69. The first-order valence-corrected chi connectivity index (χ1v) is 12.3. The highest BCUT2D eigenvalue weighted by Crippen LogP contribution is 2.22. The van der Waals surface area contributed by atoms with Gasteiger partial charge in [0.05, 0.1) is 12.0 Å². The number of nitrogens with zero attached hydrogens (tertiary/aromatic N) is 1. The van der Waals surface area contributed by atoms with Gasteiger partial charge in [-0.2, -0.15) is 4.31 Å². The van der Waals surface area contributed by atoms with Crippen LogP contribution in [0.5, 0.6) is 5.75 Å². The van der Waals surface area contributed by atoms with Crippen LogP contribution in [-0.2, 0) is 21.2 Å². The van der Waals surface area contributed by atoms with Crippen LogP contribution < -0.4 is 15.8 Å². The van der Waals surface area contributed by atoms with Gasteiger partial charge >= 0.3 is 0 Å². The number of benzene rings is 3. The minimum atomic E-state index is -3.83. The van der Waals surface area contributed by atoms with Gasteiger partial charge in [0, 0.05) is 30.9 Å².